The first kappa shape index (κ1) is 16.6. The third-order valence-corrected chi connectivity index (χ3v) is 4.94. The molecule has 3 rings (SSSR count). The SMILES string of the molecule is CSc1ncccc1C(=O)Nc1nc(-c2ccc(F)cc2)c(C)s1. The van der Waals surface area contributed by atoms with Gasteiger partial charge in [-0.15, -0.1) is 23.1 Å². The number of pyridine rings is 1. The summed E-state index contributed by atoms with van der Waals surface area (Å²) in [4.78, 5) is 22.1. The second kappa shape index (κ2) is 7.11. The summed E-state index contributed by atoms with van der Waals surface area (Å²) < 4.78 is 13.1. The van der Waals surface area contributed by atoms with Crippen LogP contribution in [0.15, 0.2) is 47.6 Å². The summed E-state index contributed by atoms with van der Waals surface area (Å²) in [6, 6.07) is 9.60. The second-order valence-electron chi connectivity index (χ2n) is 4.95. The van der Waals surface area contributed by atoms with Gasteiger partial charge >= 0.3 is 0 Å². The maximum atomic E-state index is 13.1. The molecule has 0 bridgehead atoms. The van der Waals surface area contributed by atoms with Crippen LogP contribution in [0, 0.1) is 12.7 Å². The number of nitrogens with zero attached hydrogens (tertiary/aromatic N) is 2. The van der Waals surface area contributed by atoms with E-state index in [9.17, 15) is 9.18 Å². The first-order valence-corrected chi connectivity index (χ1v) is 9.16. The normalized spacial score (nSPS) is 10.6. The van der Waals surface area contributed by atoms with Gasteiger partial charge in [0, 0.05) is 16.6 Å². The number of aromatic nitrogens is 2. The van der Waals surface area contributed by atoms with Gasteiger partial charge < -0.3 is 0 Å². The highest BCUT2D eigenvalue weighted by Crippen LogP contribution is 2.31. The van der Waals surface area contributed by atoms with Crippen molar-refractivity contribution in [3.05, 3.63) is 58.9 Å². The molecule has 1 aromatic carbocycles. The Kier molecular flexibility index (Phi) is 4.92. The van der Waals surface area contributed by atoms with E-state index >= 15 is 0 Å². The lowest BCUT2D eigenvalue weighted by molar-refractivity contribution is 0.102. The smallest absolute Gasteiger partial charge is 0.260 e. The van der Waals surface area contributed by atoms with Crippen molar-refractivity contribution in [3.8, 4) is 11.3 Å². The lowest BCUT2D eigenvalue weighted by Crippen LogP contribution is -2.13. The van der Waals surface area contributed by atoms with Crippen LogP contribution in [0.4, 0.5) is 9.52 Å². The van der Waals surface area contributed by atoms with E-state index in [4.69, 9.17) is 0 Å². The zero-order valence-corrected chi connectivity index (χ0v) is 14.7. The van der Waals surface area contributed by atoms with E-state index in [2.05, 4.69) is 15.3 Å². The van der Waals surface area contributed by atoms with Crippen molar-refractivity contribution in [2.45, 2.75) is 11.9 Å². The van der Waals surface area contributed by atoms with E-state index in [1.165, 1.54) is 35.2 Å². The zero-order valence-electron chi connectivity index (χ0n) is 13.0. The summed E-state index contributed by atoms with van der Waals surface area (Å²) in [5.74, 6) is -0.534. The maximum Gasteiger partial charge on any atom is 0.260 e. The van der Waals surface area contributed by atoms with Gasteiger partial charge in [0.2, 0.25) is 0 Å². The summed E-state index contributed by atoms with van der Waals surface area (Å²) in [7, 11) is 0. The zero-order chi connectivity index (χ0) is 17.1. The highest BCUT2D eigenvalue weighted by molar-refractivity contribution is 7.98. The molecule has 0 aliphatic rings. The van der Waals surface area contributed by atoms with Gasteiger partial charge in [-0.2, -0.15) is 0 Å². The molecule has 0 saturated heterocycles. The average molecular weight is 359 g/mol. The van der Waals surface area contributed by atoms with Crippen LogP contribution in [0.2, 0.25) is 0 Å². The van der Waals surface area contributed by atoms with Crippen LogP contribution in [-0.4, -0.2) is 22.1 Å². The summed E-state index contributed by atoms with van der Waals surface area (Å²) in [6.45, 7) is 1.92. The van der Waals surface area contributed by atoms with Gasteiger partial charge in [-0.1, -0.05) is 0 Å². The van der Waals surface area contributed by atoms with Crippen LogP contribution in [-0.2, 0) is 0 Å². The van der Waals surface area contributed by atoms with E-state index in [1.807, 2.05) is 13.2 Å². The van der Waals surface area contributed by atoms with Crippen LogP contribution >= 0.6 is 23.1 Å². The van der Waals surface area contributed by atoms with Crippen LogP contribution in [0.5, 0.6) is 0 Å². The van der Waals surface area contributed by atoms with Crippen molar-refractivity contribution >= 4 is 34.1 Å². The summed E-state index contributed by atoms with van der Waals surface area (Å²) in [5.41, 5.74) is 2.07. The molecule has 0 atom stereocenters. The summed E-state index contributed by atoms with van der Waals surface area (Å²) >= 11 is 2.80. The van der Waals surface area contributed by atoms with Crippen LogP contribution in [0.1, 0.15) is 15.2 Å². The molecular weight excluding hydrogens is 345 g/mol. The van der Waals surface area contributed by atoms with Crippen molar-refractivity contribution in [2.75, 3.05) is 11.6 Å². The minimum Gasteiger partial charge on any atom is -0.298 e. The molecule has 7 heteroatoms. The second-order valence-corrected chi connectivity index (χ2v) is 6.94. The van der Waals surface area contributed by atoms with E-state index < -0.39 is 0 Å². The van der Waals surface area contributed by atoms with Gasteiger partial charge in [-0.05, 0) is 49.6 Å². The van der Waals surface area contributed by atoms with Crippen LogP contribution < -0.4 is 5.32 Å². The number of rotatable bonds is 4. The Labute approximate surface area is 147 Å². The molecule has 2 heterocycles. The first-order chi connectivity index (χ1) is 11.6. The molecule has 1 amide bonds. The molecule has 122 valence electrons. The Morgan fingerprint density at radius 1 is 1.25 bits per heavy atom. The highest BCUT2D eigenvalue weighted by atomic mass is 32.2. The number of nitrogens with one attached hydrogen (secondary N) is 1. The van der Waals surface area contributed by atoms with Gasteiger partial charge in [0.1, 0.15) is 10.8 Å². The number of hydrogen-bond acceptors (Lipinski definition) is 5. The number of aryl methyl sites for hydroxylation is 1. The molecule has 0 radical (unpaired) electrons. The number of anilines is 1. The van der Waals surface area contributed by atoms with E-state index in [0.29, 0.717) is 15.7 Å². The first-order valence-electron chi connectivity index (χ1n) is 7.12. The minimum absolute atomic E-state index is 0.244. The Bertz CT molecular complexity index is 878. The van der Waals surface area contributed by atoms with Crippen LogP contribution in [0.25, 0.3) is 11.3 Å². The fourth-order valence-corrected chi connectivity index (χ4v) is 3.59. The van der Waals surface area contributed by atoms with Crippen molar-refractivity contribution < 1.29 is 9.18 Å². The topological polar surface area (TPSA) is 54.9 Å². The largest absolute Gasteiger partial charge is 0.298 e. The van der Waals surface area contributed by atoms with Crippen molar-refractivity contribution in [2.24, 2.45) is 0 Å². The average Bonchev–Trinajstić information content (AvgIpc) is 2.95. The molecule has 4 nitrogen and oxygen atoms in total. The number of benzene rings is 1. The monoisotopic (exact) mass is 359 g/mol. The molecule has 0 spiro atoms. The molecule has 0 aliphatic carbocycles. The number of hydrogen-bond donors (Lipinski definition) is 1. The van der Waals surface area contributed by atoms with Gasteiger partial charge in [0.15, 0.2) is 5.13 Å². The third-order valence-electron chi connectivity index (χ3n) is 3.34. The Balaban J connectivity index is 1.85. The van der Waals surface area contributed by atoms with Gasteiger partial charge in [-0.3, -0.25) is 10.1 Å². The van der Waals surface area contributed by atoms with Crippen molar-refractivity contribution in [1.82, 2.24) is 9.97 Å². The number of halogens is 1. The highest BCUT2D eigenvalue weighted by Gasteiger charge is 2.16. The predicted molar refractivity (Wildman–Crippen MR) is 96.2 cm³/mol. The molecule has 24 heavy (non-hydrogen) atoms. The number of carbonyl (C=O) groups excluding carboxylic acids is 1. The number of carbonyl (C=O) groups is 1. The van der Waals surface area contributed by atoms with Gasteiger partial charge in [0.05, 0.1) is 11.3 Å². The maximum absolute atomic E-state index is 13.1. The molecular formula is C17H14FN3OS2. The lowest BCUT2D eigenvalue weighted by Gasteiger charge is -2.05. The number of thiazole rings is 1. The van der Waals surface area contributed by atoms with E-state index in [0.717, 1.165) is 16.1 Å². The molecule has 0 fully saturated rings. The fraction of sp³-hybridized carbons (Fsp3) is 0.118. The van der Waals surface area contributed by atoms with Crippen molar-refractivity contribution in [1.29, 1.82) is 0 Å². The number of thioether (sulfide) groups is 1. The summed E-state index contributed by atoms with van der Waals surface area (Å²) in [5, 5.41) is 3.99. The van der Waals surface area contributed by atoms with Crippen molar-refractivity contribution in [3.63, 3.8) is 0 Å². The third kappa shape index (κ3) is 3.47. The minimum atomic E-state index is -0.290. The standard InChI is InChI=1S/C17H14FN3OS2/c1-10-14(11-5-7-12(18)8-6-11)20-17(24-10)21-15(22)13-4-3-9-19-16(13)23-2/h3-9H,1-2H3,(H,20,21,22). The molecule has 0 saturated carbocycles. The molecule has 1 N–H and O–H groups in total. The Morgan fingerprint density at radius 2 is 2.00 bits per heavy atom. The molecule has 0 unspecified atom stereocenters. The Morgan fingerprint density at radius 3 is 2.71 bits per heavy atom. The number of amides is 1. The van der Waals surface area contributed by atoms with E-state index in [1.54, 1.807) is 30.5 Å². The summed E-state index contributed by atoms with van der Waals surface area (Å²) in [6.07, 6.45) is 3.53. The lowest BCUT2D eigenvalue weighted by atomic mass is 10.1. The predicted octanol–water partition coefficient (Wildman–Crippen LogP) is 4.63. The molecule has 3 aromatic rings. The molecule has 0 aliphatic heterocycles. The quantitative estimate of drug-likeness (QED) is 0.690. The molecule has 2 aromatic heterocycles. The fourth-order valence-electron chi connectivity index (χ4n) is 2.22. The van der Waals surface area contributed by atoms with E-state index in [-0.39, 0.29) is 11.7 Å². The van der Waals surface area contributed by atoms with Crippen LogP contribution in [0.3, 0.4) is 0 Å². The van der Waals surface area contributed by atoms with Gasteiger partial charge in [-0.25, -0.2) is 14.4 Å². The van der Waals surface area contributed by atoms with Gasteiger partial charge in [0.25, 0.3) is 5.91 Å². The Hall–Kier alpha value is -2.25.